The Hall–Kier alpha value is -3.52. The number of fused-ring (bicyclic) bond motifs is 1. The van der Waals surface area contributed by atoms with Gasteiger partial charge in [0.15, 0.2) is 0 Å². The fourth-order valence-electron chi connectivity index (χ4n) is 6.87. The minimum absolute atomic E-state index is 0.0602. The van der Waals surface area contributed by atoms with Crippen molar-refractivity contribution < 1.29 is 19.1 Å². The van der Waals surface area contributed by atoms with Crippen molar-refractivity contribution in [3.63, 3.8) is 0 Å². The molecule has 4 heterocycles. The van der Waals surface area contributed by atoms with Crippen molar-refractivity contribution in [2.45, 2.75) is 69.9 Å². The van der Waals surface area contributed by atoms with Crippen LogP contribution in [0.5, 0.6) is 0 Å². The van der Waals surface area contributed by atoms with E-state index in [1.165, 1.54) is 6.42 Å². The van der Waals surface area contributed by atoms with Gasteiger partial charge in [-0.2, -0.15) is 0 Å². The lowest BCUT2D eigenvalue weighted by Crippen LogP contribution is -2.57. The van der Waals surface area contributed by atoms with Crippen molar-refractivity contribution in [1.29, 1.82) is 0 Å². The van der Waals surface area contributed by atoms with Gasteiger partial charge < -0.3 is 20.3 Å². The summed E-state index contributed by atoms with van der Waals surface area (Å²) in [4.78, 5) is 47.5. The van der Waals surface area contributed by atoms with Crippen LogP contribution in [-0.2, 0) is 25.7 Å². The normalized spacial score (nSPS) is 33.3. The number of benzene rings is 1. The van der Waals surface area contributed by atoms with E-state index in [9.17, 15) is 14.4 Å². The molecule has 8 heteroatoms. The standard InChI is InChI=1S/C30H34N4O4/c1-18-7-5-10-21(15-18)32-27(35)24-23-12-13-30(38-23)25(24)29(37)34(17-20-9-6-14-31-16-20)26(30)28(36)33-22-11-4-3-8-19(22)2/h5-7,9-10,12-16,19,22-26H,3-4,8,11,17H2,1-2H3,(H,32,35)(H,33,36)/t19-,22+,23+,24-,25+,26+,30+/m0/s1. The number of rotatable bonds is 6. The number of pyridine rings is 1. The van der Waals surface area contributed by atoms with Crippen LogP contribution in [0.2, 0.25) is 0 Å². The molecule has 0 unspecified atom stereocenters. The van der Waals surface area contributed by atoms with E-state index in [2.05, 4.69) is 22.5 Å². The molecule has 2 aromatic rings. The fraction of sp³-hybridized carbons (Fsp3) is 0.467. The van der Waals surface area contributed by atoms with Gasteiger partial charge in [-0.15, -0.1) is 0 Å². The summed E-state index contributed by atoms with van der Waals surface area (Å²) in [5.41, 5.74) is 1.34. The molecule has 3 fully saturated rings. The lowest BCUT2D eigenvalue weighted by molar-refractivity contribution is -0.142. The summed E-state index contributed by atoms with van der Waals surface area (Å²) in [6.45, 7) is 4.35. The molecule has 1 aromatic heterocycles. The number of aryl methyl sites for hydroxylation is 1. The zero-order chi connectivity index (χ0) is 26.4. The van der Waals surface area contributed by atoms with Crippen molar-refractivity contribution in [3.05, 3.63) is 72.1 Å². The van der Waals surface area contributed by atoms with Gasteiger partial charge in [0, 0.05) is 30.7 Å². The monoisotopic (exact) mass is 514 g/mol. The Labute approximate surface area is 222 Å². The number of hydrogen-bond acceptors (Lipinski definition) is 5. The molecule has 3 aliphatic heterocycles. The highest BCUT2D eigenvalue weighted by Crippen LogP contribution is 2.55. The van der Waals surface area contributed by atoms with Gasteiger partial charge in [-0.3, -0.25) is 19.4 Å². The van der Waals surface area contributed by atoms with Crippen LogP contribution in [0.3, 0.4) is 0 Å². The number of aromatic nitrogens is 1. The molecule has 1 spiro atoms. The minimum atomic E-state index is -1.18. The molecular formula is C30H34N4O4. The van der Waals surface area contributed by atoms with Gasteiger partial charge in [0.2, 0.25) is 17.7 Å². The first kappa shape index (κ1) is 24.8. The molecule has 4 aliphatic rings. The lowest BCUT2D eigenvalue weighted by atomic mass is 9.74. The molecule has 2 saturated heterocycles. The predicted molar refractivity (Wildman–Crippen MR) is 142 cm³/mol. The summed E-state index contributed by atoms with van der Waals surface area (Å²) in [6.07, 6.45) is 10.8. The van der Waals surface area contributed by atoms with E-state index in [0.29, 0.717) is 11.6 Å². The summed E-state index contributed by atoms with van der Waals surface area (Å²) in [7, 11) is 0. The number of amides is 3. The Balaban J connectivity index is 1.33. The van der Waals surface area contributed by atoms with Gasteiger partial charge in [0.1, 0.15) is 11.6 Å². The zero-order valence-electron chi connectivity index (χ0n) is 21.8. The van der Waals surface area contributed by atoms with E-state index >= 15 is 0 Å². The van der Waals surface area contributed by atoms with Crippen LogP contribution in [0.25, 0.3) is 0 Å². The van der Waals surface area contributed by atoms with Gasteiger partial charge in [-0.25, -0.2) is 0 Å². The van der Waals surface area contributed by atoms with E-state index in [0.717, 1.165) is 30.4 Å². The molecule has 3 amide bonds. The van der Waals surface area contributed by atoms with Crippen molar-refractivity contribution in [2.24, 2.45) is 17.8 Å². The largest absolute Gasteiger partial charge is 0.359 e. The Kier molecular flexibility index (Phi) is 6.30. The van der Waals surface area contributed by atoms with Gasteiger partial charge in [0.25, 0.3) is 0 Å². The van der Waals surface area contributed by atoms with E-state index in [1.807, 2.05) is 55.5 Å². The van der Waals surface area contributed by atoms with Gasteiger partial charge in [0.05, 0.1) is 17.9 Å². The highest BCUT2D eigenvalue weighted by molar-refractivity contribution is 6.02. The van der Waals surface area contributed by atoms with Crippen molar-refractivity contribution >= 4 is 23.4 Å². The Morgan fingerprint density at radius 3 is 2.76 bits per heavy atom. The SMILES string of the molecule is Cc1cccc(NC(=O)[C@H]2[C@H]3C=C[C@@]4(O3)[C@H]2C(=O)N(Cc2cccnc2)[C@@H]4C(=O)N[C@@H]2CCCC[C@@H]2C)c1. The second-order valence-electron chi connectivity index (χ2n) is 11.3. The predicted octanol–water partition coefficient (Wildman–Crippen LogP) is 3.37. The number of anilines is 1. The maximum atomic E-state index is 14.1. The second-order valence-corrected chi connectivity index (χ2v) is 11.3. The molecule has 1 aromatic carbocycles. The third kappa shape index (κ3) is 4.11. The highest BCUT2D eigenvalue weighted by Gasteiger charge is 2.72. The zero-order valence-corrected chi connectivity index (χ0v) is 21.8. The Bertz CT molecular complexity index is 1280. The topological polar surface area (TPSA) is 101 Å². The quantitative estimate of drug-likeness (QED) is 0.576. The summed E-state index contributed by atoms with van der Waals surface area (Å²) in [5, 5.41) is 6.25. The molecular weight excluding hydrogens is 480 g/mol. The second kappa shape index (κ2) is 9.66. The van der Waals surface area contributed by atoms with Crippen LogP contribution in [0, 0.1) is 24.7 Å². The number of ether oxygens (including phenoxy) is 1. The van der Waals surface area contributed by atoms with Crippen LogP contribution in [-0.4, -0.2) is 51.4 Å². The van der Waals surface area contributed by atoms with Gasteiger partial charge >= 0.3 is 0 Å². The van der Waals surface area contributed by atoms with E-state index in [-0.39, 0.29) is 30.3 Å². The summed E-state index contributed by atoms with van der Waals surface area (Å²) < 4.78 is 6.46. The van der Waals surface area contributed by atoms with Gasteiger partial charge in [-0.05, 0) is 55.0 Å². The number of carbonyl (C=O) groups is 3. The third-order valence-corrected chi connectivity index (χ3v) is 8.73. The van der Waals surface area contributed by atoms with E-state index in [4.69, 9.17) is 4.74 Å². The van der Waals surface area contributed by atoms with E-state index in [1.54, 1.807) is 17.3 Å². The first-order valence-electron chi connectivity index (χ1n) is 13.6. The van der Waals surface area contributed by atoms with Crippen molar-refractivity contribution in [2.75, 3.05) is 5.32 Å². The molecule has 2 bridgehead atoms. The summed E-state index contributed by atoms with van der Waals surface area (Å²) in [6, 6.07) is 10.5. The molecule has 38 heavy (non-hydrogen) atoms. The average Bonchev–Trinajstić information content (AvgIpc) is 3.54. The molecule has 2 N–H and O–H groups in total. The van der Waals surface area contributed by atoms with Crippen molar-refractivity contribution in [3.8, 4) is 0 Å². The molecule has 0 radical (unpaired) electrons. The van der Waals surface area contributed by atoms with Gasteiger partial charge in [-0.1, -0.05) is 50.1 Å². The smallest absolute Gasteiger partial charge is 0.246 e. The molecule has 198 valence electrons. The maximum absolute atomic E-state index is 14.1. The Morgan fingerprint density at radius 2 is 2.00 bits per heavy atom. The molecule has 1 saturated carbocycles. The number of hydrogen-bond donors (Lipinski definition) is 2. The average molecular weight is 515 g/mol. The first-order valence-corrected chi connectivity index (χ1v) is 13.6. The number of nitrogens with zero attached hydrogens (tertiary/aromatic N) is 2. The molecule has 7 atom stereocenters. The molecule has 8 nitrogen and oxygen atoms in total. The fourth-order valence-corrected chi connectivity index (χ4v) is 6.87. The van der Waals surface area contributed by atoms with Crippen LogP contribution >= 0.6 is 0 Å². The molecule has 6 rings (SSSR count). The van der Waals surface area contributed by atoms with Crippen molar-refractivity contribution in [1.82, 2.24) is 15.2 Å². The van der Waals surface area contributed by atoms with Crippen LogP contribution in [0.4, 0.5) is 5.69 Å². The minimum Gasteiger partial charge on any atom is -0.359 e. The molecule has 1 aliphatic carbocycles. The lowest BCUT2D eigenvalue weighted by Gasteiger charge is -2.36. The highest BCUT2D eigenvalue weighted by atomic mass is 16.5. The number of carbonyl (C=O) groups excluding carboxylic acids is 3. The Morgan fingerprint density at radius 1 is 1.16 bits per heavy atom. The number of likely N-dealkylation sites (tertiary alicyclic amines) is 1. The van der Waals surface area contributed by atoms with Crippen LogP contribution in [0.15, 0.2) is 60.9 Å². The van der Waals surface area contributed by atoms with Crippen LogP contribution in [0.1, 0.15) is 43.7 Å². The summed E-state index contributed by atoms with van der Waals surface area (Å²) >= 11 is 0. The first-order chi connectivity index (χ1) is 18.4. The maximum Gasteiger partial charge on any atom is 0.246 e. The van der Waals surface area contributed by atoms with Crippen LogP contribution < -0.4 is 10.6 Å². The third-order valence-electron chi connectivity index (χ3n) is 8.73. The van der Waals surface area contributed by atoms with E-state index < -0.39 is 29.6 Å². The summed E-state index contributed by atoms with van der Waals surface area (Å²) in [5.74, 6) is -1.85. The number of nitrogens with one attached hydrogen (secondary N) is 2.